The van der Waals surface area contributed by atoms with Gasteiger partial charge in [0.1, 0.15) is 5.82 Å². The van der Waals surface area contributed by atoms with E-state index in [9.17, 15) is 9.59 Å². The summed E-state index contributed by atoms with van der Waals surface area (Å²) in [5.74, 6) is 0.0905. The van der Waals surface area contributed by atoms with Gasteiger partial charge in [-0.05, 0) is 42.7 Å². The zero-order valence-electron chi connectivity index (χ0n) is 16.4. The summed E-state index contributed by atoms with van der Waals surface area (Å²) < 4.78 is 1.76. The topological polar surface area (TPSA) is 96.3 Å². The second-order valence-electron chi connectivity index (χ2n) is 7.76. The number of aliphatic carboxylic acids is 1. The van der Waals surface area contributed by atoms with E-state index in [0.29, 0.717) is 44.0 Å². The number of nitrogens with zero attached hydrogens (tertiary/aromatic N) is 2. The van der Waals surface area contributed by atoms with Crippen molar-refractivity contribution < 1.29 is 14.7 Å². The predicted octanol–water partition coefficient (Wildman–Crippen LogP) is 3.82. The molecule has 1 aliphatic rings. The van der Waals surface area contributed by atoms with E-state index >= 15 is 0 Å². The second kappa shape index (κ2) is 8.91. The van der Waals surface area contributed by atoms with E-state index in [4.69, 9.17) is 5.11 Å². The third-order valence-corrected chi connectivity index (χ3v) is 5.35. The van der Waals surface area contributed by atoms with Gasteiger partial charge in [0.05, 0.1) is 18.7 Å². The molecule has 0 aliphatic heterocycles. The Bertz CT molecular complexity index is 805. The number of nitrogens with one attached hydrogen (secondary N) is 2. The molecule has 0 atom stereocenters. The van der Waals surface area contributed by atoms with Crippen molar-refractivity contribution in [3.63, 3.8) is 0 Å². The Hall–Kier alpha value is -2.83. The van der Waals surface area contributed by atoms with Gasteiger partial charge in [0.2, 0.25) is 0 Å². The number of anilines is 1. The van der Waals surface area contributed by atoms with Crippen LogP contribution in [0.25, 0.3) is 0 Å². The van der Waals surface area contributed by atoms with Crippen molar-refractivity contribution in [1.82, 2.24) is 15.1 Å². The third-order valence-electron chi connectivity index (χ3n) is 5.35. The molecular formula is C21H28N4O3. The Morgan fingerprint density at radius 1 is 1.14 bits per heavy atom. The normalized spacial score (nSPS) is 19.4. The highest BCUT2D eigenvalue weighted by atomic mass is 16.4. The maximum Gasteiger partial charge on any atom is 0.320 e. The number of carboxylic acids is 1. The highest BCUT2D eigenvalue weighted by molar-refractivity contribution is 5.88. The molecule has 1 aliphatic carbocycles. The number of urea groups is 1. The number of benzene rings is 1. The van der Waals surface area contributed by atoms with Crippen molar-refractivity contribution in [3.8, 4) is 0 Å². The van der Waals surface area contributed by atoms with Crippen LogP contribution in [0.5, 0.6) is 0 Å². The van der Waals surface area contributed by atoms with E-state index in [-0.39, 0.29) is 18.0 Å². The van der Waals surface area contributed by atoms with E-state index in [1.807, 2.05) is 0 Å². The van der Waals surface area contributed by atoms with Gasteiger partial charge in [-0.2, -0.15) is 5.10 Å². The van der Waals surface area contributed by atoms with Crippen LogP contribution < -0.4 is 10.6 Å². The summed E-state index contributed by atoms with van der Waals surface area (Å²) in [7, 11) is 0. The van der Waals surface area contributed by atoms with Gasteiger partial charge in [0, 0.05) is 12.1 Å². The summed E-state index contributed by atoms with van der Waals surface area (Å²) in [4.78, 5) is 23.4. The number of carbonyl (C=O) groups excluding carboxylic acids is 1. The van der Waals surface area contributed by atoms with Gasteiger partial charge in [0.25, 0.3) is 0 Å². The van der Waals surface area contributed by atoms with Crippen molar-refractivity contribution in [2.45, 2.75) is 58.0 Å². The molecule has 2 amide bonds. The van der Waals surface area contributed by atoms with Crippen LogP contribution in [0.15, 0.2) is 36.5 Å². The van der Waals surface area contributed by atoms with Crippen LogP contribution in [0, 0.1) is 5.92 Å². The van der Waals surface area contributed by atoms with Crippen LogP contribution in [0.1, 0.15) is 56.6 Å². The first kappa shape index (κ1) is 19.9. The lowest BCUT2D eigenvalue weighted by Crippen LogP contribution is -2.41. The maximum atomic E-state index is 12.3. The molecular weight excluding hydrogens is 356 g/mol. The van der Waals surface area contributed by atoms with Gasteiger partial charge in [0.15, 0.2) is 0 Å². The summed E-state index contributed by atoms with van der Waals surface area (Å²) in [6, 6.07) is 9.91. The smallest absolute Gasteiger partial charge is 0.320 e. The molecule has 0 saturated heterocycles. The zero-order chi connectivity index (χ0) is 20.1. The highest BCUT2D eigenvalue weighted by Gasteiger charge is 2.26. The lowest BCUT2D eigenvalue weighted by atomic mass is 9.86. The molecule has 0 spiro atoms. The number of hydrogen-bond donors (Lipinski definition) is 3. The molecule has 7 heteroatoms. The number of aromatic nitrogens is 2. The minimum absolute atomic E-state index is 0.00977. The Morgan fingerprint density at radius 3 is 2.43 bits per heavy atom. The molecule has 1 heterocycles. The number of rotatable bonds is 6. The predicted molar refractivity (Wildman–Crippen MR) is 107 cm³/mol. The van der Waals surface area contributed by atoms with Gasteiger partial charge >= 0.3 is 12.0 Å². The zero-order valence-corrected chi connectivity index (χ0v) is 16.4. The lowest BCUT2D eigenvalue weighted by molar-refractivity contribution is -0.142. The van der Waals surface area contributed by atoms with Crippen molar-refractivity contribution in [2.24, 2.45) is 5.92 Å². The molecule has 0 unspecified atom stereocenters. The molecule has 1 aromatic heterocycles. The van der Waals surface area contributed by atoms with Crippen molar-refractivity contribution in [3.05, 3.63) is 47.7 Å². The molecule has 1 fully saturated rings. The summed E-state index contributed by atoms with van der Waals surface area (Å²) in [5.41, 5.74) is 2.41. The fraction of sp³-hybridized carbons (Fsp3) is 0.476. The minimum atomic E-state index is -0.742. The van der Waals surface area contributed by atoms with Gasteiger partial charge in [-0.1, -0.05) is 38.1 Å². The number of carbonyl (C=O) groups is 2. The molecule has 0 bridgehead atoms. The summed E-state index contributed by atoms with van der Waals surface area (Å²) in [6.45, 7) is 4.90. The molecule has 28 heavy (non-hydrogen) atoms. The number of hydrogen-bond acceptors (Lipinski definition) is 3. The van der Waals surface area contributed by atoms with E-state index in [2.05, 4.69) is 53.8 Å². The quantitative estimate of drug-likeness (QED) is 0.705. The van der Waals surface area contributed by atoms with E-state index in [0.717, 1.165) is 5.56 Å². The summed E-state index contributed by atoms with van der Waals surface area (Å²) in [5, 5.41) is 19.2. The minimum Gasteiger partial charge on any atom is -0.481 e. The standard InChI is InChI=1S/C21H28N4O3/c1-14(2)16-5-3-15(4-6-16)13-25-19(11-12-22-25)24-21(28)23-18-9-7-17(8-10-18)20(26)27/h3-6,11-12,14,17-18H,7-10,13H2,1-2H3,(H,26,27)(H2,23,24,28). The summed E-state index contributed by atoms with van der Waals surface area (Å²) >= 11 is 0. The highest BCUT2D eigenvalue weighted by Crippen LogP contribution is 2.24. The number of carboxylic acid groups (broad SMARTS) is 1. The molecule has 3 N–H and O–H groups in total. The van der Waals surface area contributed by atoms with Gasteiger partial charge in [-0.15, -0.1) is 0 Å². The first-order valence-corrected chi connectivity index (χ1v) is 9.83. The van der Waals surface area contributed by atoms with Crippen LogP contribution in [0.3, 0.4) is 0 Å². The monoisotopic (exact) mass is 384 g/mol. The maximum absolute atomic E-state index is 12.3. The molecule has 1 saturated carbocycles. The fourth-order valence-electron chi connectivity index (χ4n) is 3.57. The van der Waals surface area contributed by atoms with Gasteiger partial charge in [-0.3, -0.25) is 10.1 Å². The van der Waals surface area contributed by atoms with Crippen molar-refractivity contribution in [1.29, 1.82) is 0 Å². The fourth-order valence-corrected chi connectivity index (χ4v) is 3.57. The van der Waals surface area contributed by atoms with Gasteiger partial charge in [-0.25, -0.2) is 9.48 Å². The largest absolute Gasteiger partial charge is 0.481 e. The molecule has 1 aromatic carbocycles. The third kappa shape index (κ3) is 5.12. The van der Waals surface area contributed by atoms with E-state index < -0.39 is 5.97 Å². The Morgan fingerprint density at radius 2 is 1.82 bits per heavy atom. The Balaban J connectivity index is 1.53. The Labute approximate surface area is 165 Å². The first-order chi connectivity index (χ1) is 13.4. The van der Waals surface area contributed by atoms with Crippen LogP contribution in [-0.4, -0.2) is 32.9 Å². The molecule has 3 rings (SSSR count). The van der Waals surface area contributed by atoms with Crippen LogP contribution in [-0.2, 0) is 11.3 Å². The first-order valence-electron chi connectivity index (χ1n) is 9.83. The average molecular weight is 384 g/mol. The summed E-state index contributed by atoms with van der Waals surface area (Å²) in [6.07, 6.45) is 4.24. The van der Waals surface area contributed by atoms with Crippen molar-refractivity contribution >= 4 is 17.8 Å². The van der Waals surface area contributed by atoms with Crippen LogP contribution >= 0.6 is 0 Å². The molecule has 7 nitrogen and oxygen atoms in total. The molecule has 0 radical (unpaired) electrons. The SMILES string of the molecule is CC(C)c1ccc(Cn2nccc2NC(=O)NC2CCC(C(=O)O)CC2)cc1. The van der Waals surface area contributed by atoms with Crippen molar-refractivity contribution in [2.75, 3.05) is 5.32 Å². The average Bonchev–Trinajstić information content (AvgIpc) is 3.09. The number of amides is 2. The Kier molecular flexibility index (Phi) is 6.34. The van der Waals surface area contributed by atoms with E-state index in [1.165, 1.54) is 5.56 Å². The van der Waals surface area contributed by atoms with Crippen LogP contribution in [0.2, 0.25) is 0 Å². The second-order valence-corrected chi connectivity index (χ2v) is 7.76. The molecule has 2 aromatic rings. The van der Waals surface area contributed by atoms with Gasteiger partial charge < -0.3 is 10.4 Å². The van der Waals surface area contributed by atoms with Crippen LogP contribution in [0.4, 0.5) is 10.6 Å². The lowest BCUT2D eigenvalue weighted by Gasteiger charge is -2.26. The van der Waals surface area contributed by atoms with E-state index in [1.54, 1.807) is 16.9 Å². The molecule has 150 valence electrons.